The van der Waals surface area contributed by atoms with E-state index < -0.39 is 15.9 Å². The van der Waals surface area contributed by atoms with Crippen molar-refractivity contribution in [1.82, 2.24) is 5.32 Å². The van der Waals surface area contributed by atoms with Crippen LogP contribution in [0.25, 0.3) is 5.57 Å². The van der Waals surface area contributed by atoms with Gasteiger partial charge in [-0.15, -0.1) is 0 Å². The quantitative estimate of drug-likeness (QED) is 0.271. The summed E-state index contributed by atoms with van der Waals surface area (Å²) in [4.78, 5) is 13.4. The van der Waals surface area contributed by atoms with Crippen molar-refractivity contribution < 1.29 is 17.9 Å². The Morgan fingerprint density at radius 3 is 2.28 bits per heavy atom. The monoisotopic (exact) mass is 558 g/mol. The minimum Gasteiger partial charge on any atom is -0.491 e. The van der Waals surface area contributed by atoms with Gasteiger partial charge in [0.05, 0.1) is 18.8 Å². The molecule has 0 atom stereocenters. The minimum absolute atomic E-state index is 0.0626. The van der Waals surface area contributed by atoms with Gasteiger partial charge in [0.2, 0.25) is 0 Å². The fraction of sp³-hybridized carbons (Fsp3) is 0.129. The first-order valence-electron chi connectivity index (χ1n) is 12.5. The van der Waals surface area contributed by atoms with Crippen molar-refractivity contribution >= 4 is 38.8 Å². The number of rotatable bonds is 8. The highest BCUT2D eigenvalue weighted by atomic mass is 35.5. The Kier molecular flexibility index (Phi) is 7.72. The zero-order valence-corrected chi connectivity index (χ0v) is 22.9. The summed E-state index contributed by atoms with van der Waals surface area (Å²) in [6, 6.07) is 30.9. The van der Waals surface area contributed by atoms with Crippen LogP contribution in [0.5, 0.6) is 5.75 Å². The number of sulfonamides is 1. The molecule has 0 bridgehead atoms. The van der Waals surface area contributed by atoms with E-state index in [1.807, 2.05) is 67.6 Å². The number of halogens is 1. The van der Waals surface area contributed by atoms with Crippen LogP contribution in [0.3, 0.4) is 0 Å². The fourth-order valence-electron chi connectivity index (χ4n) is 4.58. The number of ether oxygens (including phenoxy) is 1. The number of benzene rings is 4. The van der Waals surface area contributed by atoms with E-state index in [0.29, 0.717) is 33.2 Å². The highest BCUT2D eigenvalue weighted by Crippen LogP contribution is 2.44. The summed E-state index contributed by atoms with van der Waals surface area (Å²) in [5, 5.41) is 3.20. The summed E-state index contributed by atoms with van der Waals surface area (Å²) in [5.41, 5.74) is 3.71. The Balaban J connectivity index is 1.56. The van der Waals surface area contributed by atoms with Crippen LogP contribution in [-0.4, -0.2) is 27.5 Å². The van der Waals surface area contributed by atoms with Gasteiger partial charge in [-0.3, -0.25) is 9.10 Å². The summed E-state index contributed by atoms with van der Waals surface area (Å²) < 4.78 is 35.5. The van der Waals surface area contributed by atoms with Crippen LogP contribution in [0.15, 0.2) is 108 Å². The van der Waals surface area contributed by atoms with E-state index >= 15 is 0 Å². The first kappa shape index (κ1) is 26.5. The van der Waals surface area contributed by atoms with Crippen molar-refractivity contribution in [2.45, 2.75) is 13.5 Å². The number of nitrogens with one attached hydrogen (secondary N) is 1. The maximum absolute atomic E-state index is 14.2. The molecule has 4 aromatic carbocycles. The smallest absolute Gasteiger partial charge is 0.270 e. The van der Waals surface area contributed by atoms with E-state index in [0.717, 1.165) is 11.1 Å². The fourth-order valence-corrected chi connectivity index (χ4v) is 6.50. The molecule has 1 aliphatic heterocycles. The summed E-state index contributed by atoms with van der Waals surface area (Å²) >= 11 is 6.40. The molecule has 5 rings (SSSR count). The third kappa shape index (κ3) is 5.55. The van der Waals surface area contributed by atoms with Gasteiger partial charge in [0.15, 0.2) is 4.91 Å². The van der Waals surface area contributed by atoms with Gasteiger partial charge in [-0.1, -0.05) is 90.5 Å². The number of amides is 1. The Labute approximate surface area is 233 Å². The standard InChI is InChI=1S/C31H27ClN2O4S/c1-22-10-8-9-15-28(22)38-19-18-33-31(35)30-29(24-13-6-3-7-14-24)26-20-25(32)16-17-27(26)34(39(30,36)37)21-23-11-4-2-5-12-23/h2-17,20H,18-19,21H2,1H3,(H,33,35). The van der Waals surface area contributed by atoms with Gasteiger partial charge >= 0.3 is 0 Å². The second-order valence-corrected chi connectivity index (χ2v) is 11.3. The molecule has 4 aromatic rings. The molecule has 0 unspecified atom stereocenters. The Morgan fingerprint density at radius 2 is 1.56 bits per heavy atom. The van der Waals surface area contributed by atoms with Gasteiger partial charge in [0, 0.05) is 16.2 Å². The molecule has 6 nitrogen and oxygen atoms in total. The molecule has 0 saturated carbocycles. The molecule has 1 aliphatic rings. The summed E-state index contributed by atoms with van der Waals surface area (Å²) in [7, 11) is -4.26. The molecule has 0 spiro atoms. The average molecular weight is 559 g/mol. The van der Waals surface area contributed by atoms with E-state index in [1.54, 1.807) is 42.5 Å². The molecular weight excluding hydrogens is 532 g/mol. The highest BCUT2D eigenvalue weighted by Gasteiger charge is 2.41. The van der Waals surface area contributed by atoms with Gasteiger partial charge in [-0.25, -0.2) is 8.42 Å². The molecule has 1 N–H and O–H groups in total. The molecule has 8 heteroatoms. The zero-order chi connectivity index (χ0) is 27.4. The number of fused-ring (bicyclic) bond motifs is 1. The maximum Gasteiger partial charge on any atom is 0.270 e. The molecule has 39 heavy (non-hydrogen) atoms. The first-order chi connectivity index (χ1) is 18.9. The van der Waals surface area contributed by atoms with Crippen LogP contribution in [0.2, 0.25) is 5.02 Å². The molecule has 1 heterocycles. The van der Waals surface area contributed by atoms with Gasteiger partial charge in [0.25, 0.3) is 15.9 Å². The minimum atomic E-state index is -4.26. The predicted molar refractivity (Wildman–Crippen MR) is 155 cm³/mol. The number of hydrogen-bond donors (Lipinski definition) is 1. The second kappa shape index (κ2) is 11.4. The topological polar surface area (TPSA) is 75.7 Å². The van der Waals surface area contributed by atoms with Crippen LogP contribution in [0.1, 0.15) is 22.3 Å². The maximum atomic E-state index is 14.2. The molecule has 0 aromatic heterocycles. The second-order valence-electron chi connectivity index (χ2n) is 9.10. The van der Waals surface area contributed by atoms with E-state index in [9.17, 15) is 13.2 Å². The Bertz CT molecular complexity index is 1640. The van der Waals surface area contributed by atoms with Crippen molar-refractivity contribution in [2.75, 3.05) is 17.5 Å². The van der Waals surface area contributed by atoms with Crippen LogP contribution >= 0.6 is 11.6 Å². The van der Waals surface area contributed by atoms with Crippen molar-refractivity contribution in [1.29, 1.82) is 0 Å². The lowest BCUT2D eigenvalue weighted by Crippen LogP contribution is -2.42. The lowest BCUT2D eigenvalue weighted by atomic mass is 9.95. The molecule has 0 radical (unpaired) electrons. The number of aryl methyl sites for hydroxylation is 1. The number of nitrogens with zero attached hydrogens (tertiary/aromatic N) is 1. The van der Waals surface area contributed by atoms with E-state index in [2.05, 4.69) is 5.32 Å². The highest BCUT2D eigenvalue weighted by molar-refractivity contribution is 7.97. The van der Waals surface area contributed by atoms with Crippen LogP contribution < -0.4 is 14.4 Å². The van der Waals surface area contributed by atoms with Crippen molar-refractivity contribution in [3.63, 3.8) is 0 Å². The van der Waals surface area contributed by atoms with E-state index in [4.69, 9.17) is 16.3 Å². The summed E-state index contributed by atoms with van der Waals surface area (Å²) in [6.45, 7) is 2.30. The molecule has 1 amide bonds. The van der Waals surface area contributed by atoms with Crippen molar-refractivity contribution in [2.24, 2.45) is 0 Å². The van der Waals surface area contributed by atoms with Gasteiger partial charge < -0.3 is 10.1 Å². The van der Waals surface area contributed by atoms with Gasteiger partial charge in [-0.05, 0) is 47.9 Å². The number of carbonyl (C=O) groups excluding carboxylic acids is 1. The number of carbonyl (C=O) groups is 1. The third-order valence-electron chi connectivity index (χ3n) is 6.45. The van der Waals surface area contributed by atoms with Crippen molar-refractivity contribution in [3.8, 4) is 5.75 Å². The van der Waals surface area contributed by atoms with Crippen molar-refractivity contribution in [3.05, 3.63) is 135 Å². The summed E-state index contributed by atoms with van der Waals surface area (Å²) in [5.74, 6) is 0.00440. The molecule has 0 fully saturated rings. The molecule has 0 saturated heterocycles. The number of para-hydroxylation sites is 1. The van der Waals surface area contributed by atoms with E-state index in [1.165, 1.54) is 4.31 Å². The van der Waals surface area contributed by atoms with E-state index in [-0.39, 0.29) is 24.6 Å². The third-order valence-corrected chi connectivity index (χ3v) is 8.49. The van der Waals surface area contributed by atoms with Crippen LogP contribution in [-0.2, 0) is 21.4 Å². The Morgan fingerprint density at radius 1 is 0.897 bits per heavy atom. The predicted octanol–water partition coefficient (Wildman–Crippen LogP) is 5.95. The average Bonchev–Trinajstić information content (AvgIpc) is 2.94. The van der Waals surface area contributed by atoms with Crippen LogP contribution in [0, 0.1) is 6.92 Å². The largest absolute Gasteiger partial charge is 0.491 e. The number of hydrogen-bond acceptors (Lipinski definition) is 4. The van der Waals surface area contributed by atoms with Gasteiger partial charge in [0.1, 0.15) is 12.4 Å². The molecule has 0 aliphatic carbocycles. The lowest BCUT2D eigenvalue weighted by molar-refractivity contribution is -0.116. The molecule has 198 valence electrons. The molecular formula is C31H27ClN2O4S. The Hall–Kier alpha value is -4.07. The number of anilines is 1. The zero-order valence-electron chi connectivity index (χ0n) is 21.3. The lowest BCUT2D eigenvalue weighted by Gasteiger charge is -2.33. The summed E-state index contributed by atoms with van der Waals surface area (Å²) in [6.07, 6.45) is 0. The SMILES string of the molecule is Cc1ccccc1OCCNC(=O)C1=C(c2ccccc2)c2cc(Cl)ccc2N(Cc2ccccc2)S1(=O)=O. The van der Waals surface area contributed by atoms with Gasteiger partial charge in [-0.2, -0.15) is 0 Å². The normalized spacial score (nSPS) is 14.1. The van der Waals surface area contributed by atoms with Crippen LogP contribution in [0.4, 0.5) is 5.69 Å². The first-order valence-corrected chi connectivity index (χ1v) is 14.3.